The van der Waals surface area contributed by atoms with Gasteiger partial charge in [-0.25, -0.2) is 0 Å². The van der Waals surface area contributed by atoms with Crippen molar-refractivity contribution >= 4 is 12.1 Å². The van der Waals surface area contributed by atoms with Crippen molar-refractivity contribution in [2.75, 3.05) is 0 Å². The average molecular weight is 143 g/mol. The van der Waals surface area contributed by atoms with E-state index in [0.717, 1.165) is 11.1 Å². The van der Waals surface area contributed by atoms with E-state index < -0.39 is 0 Å². The molecule has 1 aliphatic rings. The van der Waals surface area contributed by atoms with Crippen molar-refractivity contribution in [3.63, 3.8) is 0 Å². The summed E-state index contributed by atoms with van der Waals surface area (Å²) >= 11 is 0. The molecular weight excluding hydrogens is 138 g/mol. The van der Waals surface area contributed by atoms with Crippen LogP contribution >= 0.6 is 0 Å². The van der Waals surface area contributed by atoms with Gasteiger partial charge in [-0.3, -0.25) is 0 Å². The molecule has 52 valence electrons. The Morgan fingerprint density at radius 3 is 2.91 bits per heavy atom. The van der Waals surface area contributed by atoms with E-state index >= 15 is 0 Å². The third kappa shape index (κ3) is 0.791. The predicted octanol–water partition coefficient (Wildman–Crippen LogP) is 1.10. The average Bonchev–Trinajstić information content (AvgIpc) is 2.47. The highest BCUT2D eigenvalue weighted by molar-refractivity contribution is 6.12. The predicted molar refractivity (Wildman–Crippen MR) is 41.8 cm³/mol. The van der Waals surface area contributed by atoms with E-state index in [9.17, 15) is 0 Å². The van der Waals surface area contributed by atoms with Gasteiger partial charge >= 0.3 is 5.84 Å². The number of rotatable bonds is 0. The van der Waals surface area contributed by atoms with Crippen LogP contribution in [-0.2, 0) is 0 Å². The monoisotopic (exact) mass is 143 g/mol. The van der Waals surface area contributed by atoms with E-state index in [0.29, 0.717) is 5.84 Å². The van der Waals surface area contributed by atoms with Crippen LogP contribution in [-0.4, -0.2) is 16.8 Å². The molecule has 0 amide bonds. The van der Waals surface area contributed by atoms with Crippen LogP contribution < -0.4 is 0 Å². The molecule has 0 atom stereocenters. The minimum atomic E-state index is 0.389. The molecule has 1 aromatic rings. The molecule has 0 N–H and O–H groups in total. The highest BCUT2D eigenvalue weighted by Crippen LogP contribution is 2.12. The molecule has 0 fully saturated rings. The van der Waals surface area contributed by atoms with Gasteiger partial charge in [0.15, 0.2) is 0 Å². The Balaban J connectivity index is 2.72. The lowest BCUT2D eigenvalue weighted by atomic mass is 10.1. The molecule has 2 rings (SSSR count). The summed E-state index contributed by atoms with van der Waals surface area (Å²) in [5.74, 6) is 0.389. The third-order valence-electron chi connectivity index (χ3n) is 1.62. The normalized spacial score (nSPS) is 12.9. The topological polar surface area (TPSA) is 48.8 Å². The van der Waals surface area contributed by atoms with Crippen LogP contribution in [0.4, 0.5) is 0 Å². The Bertz CT molecular complexity index is 373. The van der Waals surface area contributed by atoms with Crippen molar-refractivity contribution in [1.29, 1.82) is 0 Å². The zero-order chi connectivity index (χ0) is 7.68. The second kappa shape index (κ2) is 2.15. The maximum absolute atomic E-state index is 8.49. The summed E-state index contributed by atoms with van der Waals surface area (Å²) in [5, 5.41) is 0. The van der Waals surface area contributed by atoms with Crippen LogP contribution in [0.1, 0.15) is 11.1 Å². The second-order valence-electron chi connectivity index (χ2n) is 2.27. The number of benzene rings is 1. The molecule has 3 nitrogen and oxygen atoms in total. The zero-order valence-electron chi connectivity index (χ0n) is 5.73. The minimum absolute atomic E-state index is 0.389. The first-order chi connectivity index (χ1) is 5.42. The number of aliphatic imine (C=N–C) groups is 1. The van der Waals surface area contributed by atoms with Crippen LogP contribution in [0.25, 0.3) is 5.53 Å². The van der Waals surface area contributed by atoms with Crippen LogP contribution in [0.3, 0.4) is 0 Å². The molecule has 0 saturated heterocycles. The number of amidine groups is 1. The second-order valence-corrected chi connectivity index (χ2v) is 2.27. The lowest BCUT2D eigenvalue weighted by molar-refractivity contribution is -0.00513. The quantitative estimate of drug-likeness (QED) is 0.385. The van der Waals surface area contributed by atoms with E-state index in [1.807, 2.05) is 24.3 Å². The number of hydrogen-bond acceptors (Lipinski definition) is 0. The van der Waals surface area contributed by atoms with Crippen molar-refractivity contribution in [3.8, 4) is 0 Å². The molecule has 0 bridgehead atoms. The van der Waals surface area contributed by atoms with E-state index in [1.165, 1.54) is 0 Å². The van der Waals surface area contributed by atoms with Gasteiger partial charge in [-0.1, -0.05) is 18.2 Å². The third-order valence-corrected chi connectivity index (χ3v) is 1.62. The summed E-state index contributed by atoms with van der Waals surface area (Å²) in [6, 6.07) is 7.61. The summed E-state index contributed by atoms with van der Waals surface area (Å²) in [6.07, 6.45) is 1.68. The molecule has 3 heteroatoms. The van der Waals surface area contributed by atoms with E-state index in [1.54, 1.807) is 6.21 Å². The Morgan fingerprint density at radius 2 is 2.09 bits per heavy atom. The summed E-state index contributed by atoms with van der Waals surface area (Å²) < 4.78 is 0. The smallest absolute Gasteiger partial charge is 0.408 e. The molecule has 1 heterocycles. The van der Waals surface area contributed by atoms with Crippen LogP contribution in [0, 0.1) is 0 Å². The molecule has 0 radical (unpaired) electrons. The fraction of sp³-hybridized carbons (Fsp3) is 0. The number of nitrogens with zero attached hydrogens (tertiary/aromatic N) is 3. The van der Waals surface area contributed by atoms with Gasteiger partial charge < -0.3 is 10.3 Å². The first-order valence-electron chi connectivity index (χ1n) is 3.27. The summed E-state index contributed by atoms with van der Waals surface area (Å²) in [4.78, 5) is 6.94. The lowest BCUT2D eigenvalue weighted by Crippen LogP contribution is -1.93. The molecule has 0 unspecified atom stereocenters. The highest BCUT2D eigenvalue weighted by atomic mass is 15.0. The van der Waals surface area contributed by atoms with Crippen LogP contribution in [0.15, 0.2) is 29.3 Å². The maximum Gasteiger partial charge on any atom is 0.408 e. The van der Waals surface area contributed by atoms with Gasteiger partial charge in [0, 0.05) is 5.56 Å². The summed E-state index contributed by atoms with van der Waals surface area (Å²) in [7, 11) is 0. The molecule has 1 aromatic carbocycles. The molecule has 11 heavy (non-hydrogen) atoms. The van der Waals surface area contributed by atoms with Crippen molar-refractivity contribution in [2.24, 2.45) is 4.99 Å². The molecule has 1 aliphatic heterocycles. The standard InChI is InChI=1S/C8H5N3/c9-11-8-7-4-2-1-3-6(7)5-10-8/h1-5H. The van der Waals surface area contributed by atoms with Crippen LogP contribution in [0.5, 0.6) is 0 Å². The van der Waals surface area contributed by atoms with E-state index in [4.69, 9.17) is 5.53 Å². The molecule has 0 aliphatic carbocycles. The lowest BCUT2D eigenvalue weighted by Gasteiger charge is -1.87. The van der Waals surface area contributed by atoms with Crippen molar-refractivity contribution < 1.29 is 4.79 Å². The Hall–Kier alpha value is -1.73. The van der Waals surface area contributed by atoms with Crippen molar-refractivity contribution in [2.45, 2.75) is 0 Å². The van der Waals surface area contributed by atoms with Gasteiger partial charge in [-0.2, -0.15) is 0 Å². The van der Waals surface area contributed by atoms with Crippen molar-refractivity contribution in [1.82, 2.24) is 0 Å². The fourth-order valence-electron chi connectivity index (χ4n) is 1.09. The molecular formula is C8H5N3. The minimum Gasteiger partial charge on any atom is -0.497 e. The first kappa shape index (κ1) is 6.01. The number of fused-ring (bicyclic) bond motifs is 1. The van der Waals surface area contributed by atoms with E-state index in [2.05, 4.69) is 9.78 Å². The maximum atomic E-state index is 8.49. The zero-order valence-corrected chi connectivity index (χ0v) is 5.73. The molecule has 0 saturated carbocycles. The van der Waals surface area contributed by atoms with Gasteiger partial charge in [0.2, 0.25) is 0 Å². The van der Waals surface area contributed by atoms with Crippen LogP contribution in [0.2, 0.25) is 0 Å². The van der Waals surface area contributed by atoms with Gasteiger partial charge in [-0.05, 0) is 11.1 Å². The van der Waals surface area contributed by atoms with Gasteiger partial charge in [-0.15, -0.1) is 0 Å². The number of hydrogen-bond donors (Lipinski definition) is 0. The summed E-state index contributed by atoms with van der Waals surface area (Å²) in [6.45, 7) is 0. The Morgan fingerprint density at radius 1 is 1.27 bits per heavy atom. The Labute approximate surface area is 63.6 Å². The van der Waals surface area contributed by atoms with Crippen molar-refractivity contribution in [3.05, 3.63) is 40.9 Å². The van der Waals surface area contributed by atoms with Gasteiger partial charge in [0.25, 0.3) is 0 Å². The van der Waals surface area contributed by atoms with Gasteiger partial charge in [0.1, 0.15) is 6.21 Å². The molecule has 0 spiro atoms. The van der Waals surface area contributed by atoms with Gasteiger partial charge in [0.05, 0.1) is 5.56 Å². The largest absolute Gasteiger partial charge is 0.497 e. The highest BCUT2D eigenvalue weighted by Gasteiger charge is 2.20. The molecule has 0 aromatic heterocycles. The first-order valence-corrected chi connectivity index (χ1v) is 3.27. The SMILES string of the molecule is [N-]=[N+]=C1N=Cc2ccccc21. The Kier molecular flexibility index (Phi) is 1.17. The van der Waals surface area contributed by atoms with E-state index in [-0.39, 0.29) is 0 Å². The summed E-state index contributed by atoms with van der Waals surface area (Å²) in [5.41, 5.74) is 10.4. The fourth-order valence-corrected chi connectivity index (χ4v) is 1.09.